The Labute approximate surface area is 139 Å². The van der Waals surface area contributed by atoms with E-state index in [1.165, 1.54) is 0 Å². The van der Waals surface area contributed by atoms with Crippen molar-refractivity contribution in [3.63, 3.8) is 0 Å². The number of aryl methyl sites for hydroxylation is 1. The zero-order chi connectivity index (χ0) is 17.3. The van der Waals surface area contributed by atoms with E-state index in [4.69, 9.17) is 0 Å². The molecule has 2 heterocycles. The molecule has 0 fully saturated rings. The summed E-state index contributed by atoms with van der Waals surface area (Å²) in [5, 5.41) is 16.7. The van der Waals surface area contributed by atoms with Crippen molar-refractivity contribution in [3.8, 4) is 0 Å². The number of hydrogen-bond donors (Lipinski definition) is 2. The fourth-order valence-electron chi connectivity index (χ4n) is 2.59. The molecule has 0 aliphatic carbocycles. The van der Waals surface area contributed by atoms with Crippen molar-refractivity contribution in [2.45, 2.75) is 32.4 Å². The van der Waals surface area contributed by atoms with Crippen molar-refractivity contribution in [2.24, 2.45) is 7.05 Å². The van der Waals surface area contributed by atoms with Crippen LogP contribution in [0.4, 0.5) is 5.69 Å². The van der Waals surface area contributed by atoms with Crippen molar-refractivity contribution in [3.05, 3.63) is 42.5 Å². The summed E-state index contributed by atoms with van der Waals surface area (Å²) in [4.78, 5) is 16.5. The third-order valence-corrected chi connectivity index (χ3v) is 3.69. The van der Waals surface area contributed by atoms with Gasteiger partial charge < -0.3 is 15.0 Å². The van der Waals surface area contributed by atoms with Crippen LogP contribution in [0.1, 0.15) is 26.1 Å². The standard InChI is InChI=1S/C17H21N5O2/c1-17(2,24)8-16(23)19-12-9-18-22(10-12)11-15-20-13-6-4-5-7-14(13)21(15)3/h4-7,9-10,24H,8,11H2,1-3H3,(H,19,23). The average molecular weight is 327 g/mol. The first kappa shape index (κ1) is 16.2. The lowest BCUT2D eigenvalue weighted by molar-refractivity contribution is -0.119. The molecule has 0 bridgehead atoms. The van der Waals surface area contributed by atoms with E-state index in [2.05, 4.69) is 15.4 Å². The second kappa shape index (κ2) is 6.09. The van der Waals surface area contributed by atoms with Crippen molar-refractivity contribution >= 4 is 22.6 Å². The number of nitrogens with one attached hydrogen (secondary N) is 1. The molecule has 126 valence electrons. The van der Waals surface area contributed by atoms with E-state index in [1.54, 1.807) is 30.9 Å². The Bertz CT molecular complexity index is 873. The number of aliphatic hydroxyl groups is 1. The van der Waals surface area contributed by atoms with Gasteiger partial charge in [0.1, 0.15) is 5.82 Å². The van der Waals surface area contributed by atoms with E-state index in [-0.39, 0.29) is 12.3 Å². The predicted octanol–water partition coefficient (Wildman–Crippen LogP) is 1.92. The summed E-state index contributed by atoms with van der Waals surface area (Å²) in [6.07, 6.45) is 3.37. The molecule has 0 atom stereocenters. The van der Waals surface area contributed by atoms with Gasteiger partial charge in [-0.1, -0.05) is 12.1 Å². The first-order valence-electron chi connectivity index (χ1n) is 7.77. The second-order valence-corrected chi connectivity index (χ2v) is 6.54. The summed E-state index contributed by atoms with van der Waals surface area (Å²) >= 11 is 0. The number of aromatic nitrogens is 4. The van der Waals surface area contributed by atoms with Crippen LogP contribution in [0, 0.1) is 0 Å². The summed E-state index contributed by atoms with van der Waals surface area (Å²) in [6.45, 7) is 3.70. The third-order valence-electron chi connectivity index (χ3n) is 3.69. The van der Waals surface area contributed by atoms with Crippen molar-refractivity contribution < 1.29 is 9.90 Å². The number of anilines is 1. The Morgan fingerprint density at radius 3 is 2.79 bits per heavy atom. The van der Waals surface area contributed by atoms with Gasteiger partial charge in [0.25, 0.3) is 0 Å². The highest BCUT2D eigenvalue weighted by atomic mass is 16.3. The maximum atomic E-state index is 11.8. The smallest absolute Gasteiger partial charge is 0.227 e. The number of fused-ring (bicyclic) bond motifs is 1. The molecule has 7 heteroatoms. The molecular weight excluding hydrogens is 306 g/mol. The maximum Gasteiger partial charge on any atom is 0.227 e. The van der Waals surface area contributed by atoms with Crippen LogP contribution in [-0.2, 0) is 18.4 Å². The Morgan fingerprint density at radius 1 is 1.33 bits per heavy atom. The van der Waals surface area contributed by atoms with E-state index in [9.17, 15) is 9.90 Å². The van der Waals surface area contributed by atoms with E-state index in [0.717, 1.165) is 16.9 Å². The Kier molecular flexibility index (Phi) is 4.11. The fraction of sp³-hybridized carbons (Fsp3) is 0.353. The van der Waals surface area contributed by atoms with Gasteiger partial charge >= 0.3 is 0 Å². The zero-order valence-electron chi connectivity index (χ0n) is 14.0. The molecule has 1 aromatic carbocycles. The lowest BCUT2D eigenvalue weighted by Gasteiger charge is -2.15. The SMILES string of the molecule is Cn1c(Cn2cc(NC(=O)CC(C)(C)O)cn2)nc2ccccc21. The van der Waals surface area contributed by atoms with Gasteiger partial charge in [-0.05, 0) is 26.0 Å². The Morgan fingerprint density at radius 2 is 2.08 bits per heavy atom. The quantitative estimate of drug-likeness (QED) is 0.750. The van der Waals surface area contributed by atoms with Crippen LogP contribution in [-0.4, -0.2) is 35.9 Å². The number of benzene rings is 1. The second-order valence-electron chi connectivity index (χ2n) is 6.54. The highest BCUT2D eigenvalue weighted by molar-refractivity contribution is 5.91. The number of para-hydroxylation sites is 2. The highest BCUT2D eigenvalue weighted by Crippen LogP contribution is 2.16. The van der Waals surface area contributed by atoms with Crippen LogP contribution in [0.5, 0.6) is 0 Å². The number of rotatable bonds is 5. The van der Waals surface area contributed by atoms with Crippen molar-refractivity contribution in [1.29, 1.82) is 0 Å². The van der Waals surface area contributed by atoms with Gasteiger partial charge in [0, 0.05) is 13.2 Å². The normalized spacial score (nSPS) is 11.8. The summed E-state index contributed by atoms with van der Waals surface area (Å²) < 4.78 is 3.75. The first-order chi connectivity index (χ1) is 11.3. The number of carbonyl (C=O) groups is 1. The monoisotopic (exact) mass is 327 g/mol. The topological polar surface area (TPSA) is 85.0 Å². The van der Waals surface area contributed by atoms with Gasteiger partial charge in [-0.2, -0.15) is 5.10 Å². The van der Waals surface area contributed by atoms with Gasteiger partial charge in [-0.15, -0.1) is 0 Å². The minimum absolute atomic E-state index is 0.0307. The average Bonchev–Trinajstić information content (AvgIpc) is 3.03. The fourth-order valence-corrected chi connectivity index (χ4v) is 2.59. The summed E-state index contributed by atoms with van der Waals surface area (Å²) in [7, 11) is 1.97. The molecule has 7 nitrogen and oxygen atoms in total. The van der Waals surface area contributed by atoms with E-state index in [0.29, 0.717) is 12.2 Å². The molecule has 2 aromatic heterocycles. The number of carbonyl (C=O) groups excluding carboxylic acids is 1. The molecule has 3 rings (SSSR count). The number of imidazole rings is 1. The van der Waals surface area contributed by atoms with E-state index < -0.39 is 5.60 Å². The first-order valence-corrected chi connectivity index (χ1v) is 7.77. The maximum absolute atomic E-state index is 11.8. The summed E-state index contributed by atoms with van der Waals surface area (Å²) in [5.41, 5.74) is 1.58. The van der Waals surface area contributed by atoms with Crippen molar-refractivity contribution in [1.82, 2.24) is 19.3 Å². The van der Waals surface area contributed by atoms with Crippen LogP contribution >= 0.6 is 0 Å². The Hall–Kier alpha value is -2.67. The molecule has 0 aliphatic heterocycles. The highest BCUT2D eigenvalue weighted by Gasteiger charge is 2.18. The molecule has 0 unspecified atom stereocenters. The van der Waals surface area contributed by atoms with Crippen LogP contribution in [0.15, 0.2) is 36.7 Å². The molecule has 0 radical (unpaired) electrons. The van der Waals surface area contributed by atoms with Gasteiger partial charge in [-0.25, -0.2) is 4.98 Å². The van der Waals surface area contributed by atoms with Gasteiger partial charge in [0.2, 0.25) is 5.91 Å². The lowest BCUT2D eigenvalue weighted by Crippen LogP contribution is -2.27. The number of hydrogen-bond acceptors (Lipinski definition) is 4. The van der Waals surface area contributed by atoms with Crippen LogP contribution in [0.25, 0.3) is 11.0 Å². The molecule has 24 heavy (non-hydrogen) atoms. The Balaban J connectivity index is 1.71. The summed E-state index contributed by atoms with van der Waals surface area (Å²) in [6, 6.07) is 7.95. The van der Waals surface area contributed by atoms with Gasteiger partial charge in [0.15, 0.2) is 0 Å². The van der Waals surface area contributed by atoms with Gasteiger partial charge in [0.05, 0.1) is 41.5 Å². The predicted molar refractivity (Wildman–Crippen MR) is 91.6 cm³/mol. The van der Waals surface area contributed by atoms with E-state index in [1.807, 2.05) is 35.9 Å². The number of nitrogens with zero attached hydrogens (tertiary/aromatic N) is 4. The molecule has 2 N–H and O–H groups in total. The number of amides is 1. The molecule has 0 aliphatic rings. The van der Waals surface area contributed by atoms with Crippen molar-refractivity contribution in [2.75, 3.05) is 5.32 Å². The van der Waals surface area contributed by atoms with Crippen LogP contribution in [0.2, 0.25) is 0 Å². The molecule has 0 saturated carbocycles. The zero-order valence-corrected chi connectivity index (χ0v) is 14.0. The third kappa shape index (κ3) is 3.62. The lowest BCUT2D eigenvalue weighted by atomic mass is 10.1. The summed E-state index contributed by atoms with van der Waals surface area (Å²) in [5.74, 6) is 0.637. The van der Waals surface area contributed by atoms with Gasteiger partial charge in [-0.3, -0.25) is 9.48 Å². The minimum Gasteiger partial charge on any atom is -0.390 e. The molecule has 1 amide bonds. The molecule has 0 saturated heterocycles. The van der Waals surface area contributed by atoms with E-state index >= 15 is 0 Å². The largest absolute Gasteiger partial charge is 0.390 e. The minimum atomic E-state index is -1.03. The van der Waals surface area contributed by atoms with Crippen LogP contribution < -0.4 is 5.32 Å². The molecular formula is C17H21N5O2. The van der Waals surface area contributed by atoms with Crippen LogP contribution in [0.3, 0.4) is 0 Å². The molecule has 3 aromatic rings. The molecule has 0 spiro atoms.